The van der Waals surface area contributed by atoms with Crippen LogP contribution in [0.4, 0.5) is 5.69 Å². The zero-order valence-corrected chi connectivity index (χ0v) is 14.9. The Morgan fingerprint density at radius 2 is 1.81 bits per heavy atom. The van der Waals surface area contributed by atoms with Gasteiger partial charge in [0.2, 0.25) is 12.7 Å². The normalized spacial score (nSPS) is 14.4. The lowest BCUT2D eigenvalue weighted by atomic mass is 10.0. The Balaban J connectivity index is 1.28. The summed E-state index contributed by atoms with van der Waals surface area (Å²) in [6.45, 7) is 1.23. The van der Waals surface area contributed by atoms with Crippen molar-refractivity contribution in [1.82, 2.24) is 10.9 Å². The fourth-order valence-corrected chi connectivity index (χ4v) is 3.41. The summed E-state index contributed by atoms with van der Waals surface area (Å²) in [7, 11) is 0. The fourth-order valence-electron chi connectivity index (χ4n) is 3.41. The van der Waals surface area contributed by atoms with E-state index in [1.165, 1.54) is 5.56 Å². The first-order chi connectivity index (χ1) is 13.2. The van der Waals surface area contributed by atoms with Crippen LogP contribution in [0, 0.1) is 0 Å². The number of carbonyl (C=O) groups is 2. The van der Waals surface area contributed by atoms with Crippen LogP contribution in [-0.2, 0) is 22.4 Å². The number of fused-ring (bicyclic) bond motifs is 2. The van der Waals surface area contributed by atoms with Gasteiger partial charge in [0.05, 0.1) is 13.0 Å². The number of ether oxygens (including phenoxy) is 2. The summed E-state index contributed by atoms with van der Waals surface area (Å²) < 4.78 is 10.6. The molecule has 0 saturated carbocycles. The van der Waals surface area contributed by atoms with Crippen molar-refractivity contribution in [2.24, 2.45) is 0 Å². The van der Waals surface area contributed by atoms with E-state index in [1.54, 1.807) is 18.2 Å². The van der Waals surface area contributed by atoms with Gasteiger partial charge in [-0.1, -0.05) is 24.3 Å². The number of nitrogens with zero attached hydrogens (tertiary/aromatic N) is 1. The zero-order chi connectivity index (χ0) is 18.6. The van der Waals surface area contributed by atoms with E-state index in [0.29, 0.717) is 11.5 Å². The van der Waals surface area contributed by atoms with Crippen molar-refractivity contribution in [3.8, 4) is 11.5 Å². The molecule has 0 unspecified atom stereocenters. The van der Waals surface area contributed by atoms with E-state index in [4.69, 9.17) is 9.47 Å². The maximum Gasteiger partial charge on any atom is 0.257 e. The third-order valence-electron chi connectivity index (χ3n) is 4.68. The van der Waals surface area contributed by atoms with Crippen LogP contribution in [0.15, 0.2) is 42.5 Å². The van der Waals surface area contributed by atoms with E-state index >= 15 is 0 Å². The van der Waals surface area contributed by atoms with Gasteiger partial charge >= 0.3 is 0 Å². The Kier molecular flexibility index (Phi) is 4.82. The zero-order valence-electron chi connectivity index (χ0n) is 14.9. The minimum atomic E-state index is -0.291. The van der Waals surface area contributed by atoms with Gasteiger partial charge in [-0.05, 0) is 42.2 Å². The summed E-state index contributed by atoms with van der Waals surface area (Å²) in [4.78, 5) is 26.4. The van der Waals surface area contributed by atoms with E-state index in [-0.39, 0.29) is 31.6 Å². The molecule has 2 N–H and O–H groups in total. The first-order valence-corrected chi connectivity index (χ1v) is 8.98. The summed E-state index contributed by atoms with van der Waals surface area (Å²) >= 11 is 0. The number of nitrogens with one attached hydrogen (secondary N) is 2. The van der Waals surface area contributed by atoms with Crippen LogP contribution in [0.1, 0.15) is 17.5 Å². The number of amides is 2. The molecule has 27 heavy (non-hydrogen) atoms. The predicted octanol–water partition coefficient (Wildman–Crippen LogP) is 1.56. The van der Waals surface area contributed by atoms with Crippen molar-refractivity contribution in [3.63, 3.8) is 0 Å². The average Bonchev–Trinajstić information content (AvgIpc) is 3.14. The van der Waals surface area contributed by atoms with Gasteiger partial charge in [0, 0.05) is 12.2 Å². The molecule has 2 aliphatic heterocycles. The molecule has 2 amide bonds. The van der Waals surface area contributed by atoms with Gasteiger partial charge in [-0.15, -0.1) is 0 Å². The number of anilines is 1. The van der Waals surface area contributed by atoms with Crippen LogP contribution in [0.2, 0.25) is 0 Å². The van der Waals surface area contributed by atoms with Gasteiger partial charge < -0.3 is 14.4 Å². The highest BCUT2D eigenvalue weighted by atomic mass is 16.7. The number of aryl methyl sites for hydroxylation is 1. The molecule has 2 aromatic carbocycles. The van der Waals surface area contributed by atoms with Crippen molar-refractivity contribution in [3.05, 3.63) is 53.6 Å². The summed E-state index contributed by atoms with van der Waals surface area (Å²) in [6, 6.07) is 13.5. The van der Waals surface area contributed by atoms with E-state index in [9.17, 15) is 9.59 Å². The van der Waals surface area contributed by atoms with Crippen molar-refractivity contribution in [2.75, 3.05) is 24.8 Å². The van der Waals surface area contributed by atoms with Gasteiger partial charge in [-0.3, -0.25) is 20.4 Å². The van der Waals surface area contributed by atoms with E-state index in [2.05, 4.69) is 16.9 Å². The molecule has 7 heteroatoms. The van der Waals surface area contributed by atoms with E-state index < -0.39 is 0 Å². The second-order valence-corrected chi connectivity index (χ2v) is 6.61. The van der Waals surface area contributed by atoms with Gasteiger partial charge in [-0.25, -0.2) is 0 Å². The maximum absolute atomic E-state index is 12.2. The van der Waals surface area contributed by atoms with Crippen LogP contribution in [-0.4, -0.2) is 31.7 Å². The molecule has 2 heterocycles. The van der Waals surface area contributed by atoms with Crippen molar-refractivity contribution in [1.29, 1.82) is 0 Å². The van der Waals surface area contributed by atoms with Gasteiger partial charge in [-0.2, -0.15) is 0 Å². The molecule has 7 nitrogen and oxygen atoms in total. The molecule has 2 aromatic rings. The Hall–Kier alpha value is -3.22. The van der Waals surface area contributed by atoms with Crippen molar-refractivity contribution < 1.29 is 19.1 Å². The Morgan fingerprint density at radius 3 is 2.74 bits per heavy atom. The van der Waals surface area contributed by atoms with Crippen molar-refractivity contribution >= 4 is 17.5 Å². The van der Waals surface area contributed by atoms with E-state index in [0.717, 1.165) is 30.6 Å². The number of hydrogen-bond acceptors (Lipinski definition) is 5. The van der Waals surface area contributed by atoms with Gasteiger partial charge in [0.25, 0.3) is 5.91 Å². The molecule has 0 spiro atoms. The molecular formula is C20H21N3O4. The number of benzene rings is 2. The first-order valence-electron chi connectivity index (χ1n) is 8.98. The molecule has 0 atom stereocenters. The molecule has 0 saturated heterocycles. The third kappa shape index (κ3) is 3.97. The third-order valence-corrected chi connectivity index (χ3v) is 4.68. The van der Waals surface area contributed by atoms with Crippen LogP contribution < -0.4 is 25.2 Å². The summed E-state index contributed by atoms with van der Waals surface area (Å²) in [5.41, 5.74) is 8.10. The monoisotopic (exact) mass is 367 g/mol. The maximum atomic E-state index is 12.2. The van der Waals surface area contributed by atoms with Crippen LogP contribution in [0.3, 0.4) is 0 Å². The molecule has 2 aliphatic rings. The Bertz CT molecular complexity index is 868. The topological polar surface area (TPSA) is 79.9 Å². The minimum Gasteiger partial charge on any atom is -0.454 e. The lowest BCUT2D eigenvalue weighted by Gasteiger charge is -2.30. The summed E-state index contributed by atoms with van der Waals surface area (Å²) in [5, 5.41) is 0. The average molecular weight is 367 g/mol. The first kappa shape index (κ1) is 17.2. The van der Waals surface area contributed by atoms with Gasteiger partial charge in [0.1, 0.15) is 0 Å². The van der Waals surface area contributed by atoms with Crippen LogP contribution >= 0.6 is 0 Å². The predicted molar refractivity (Wildman–Crippen MR) is 99.5 cm³/mol. The largest absolute Gasteiger partial charge is 0.454 e. The highest BCUT2D eigenvalue weighted by Gasteiger charge is 2.19. The molecular weight excluding hydrogens is 346 g/mol. The molecule has 0 bridgehead atoms. The lowest BCUT2D eigenvalue weighted by molar-refractivity contribution is -0.127. The summed E-state index contributed by atoms with van der Waals surface area (Å²) in [6.07, 6.45) is 2.19. The highest BCUT2D eigenvalue weighted by Crippen LogP contribution is 2.32. The number of carbonyl (C=O) groups excluding carboxylic acids is 2. The number of hydrogen-bond donors (Lipinski definition) is 2. The second-order valence-electron chi connectivity index (χ2n) is 6.61. The minimum absolute atomic E-state index is 0.142. The lowest BCUT2D eigenvalue weighted by Crippen LogP contribution is -2.47. The molecule has 4 rings (SSSR count). The smallest absolute Gasteiger partial charge is 0.257 e. The Morgan fingerprint density at radius 1 is 1.00 bits per heavy atom. The molecule has 0 radical (unpaired) electrons. The standard InChI is InChI=1S/C20H21N3O4/c24-19(11-14-7-8-17-18(10-14)27-13-26-17)21-22-20(25)12-23-9-3-5-15-4-1-2-6-16(15)23/h1-2,4,6-8,10H,3,5,9,11-13H2,(H,21,24)(H,22,25). The SMILES string of the molecule is O=C(Cc1ccc2c(c1)OCO2)NNC(=O)CN1CCCc2ccccc21. The fraction of sp³-hybridized carbons (Fsp3) is 0.300. The van der Waals surface area contributed by atoms with Crippen LogP contribution in [0.25, 0.3) is 0 Å². The number of rotatable bonds is 4. The highest BCUT2D eigenvalue weighted by molar-refractivity contribution is 5.86. The second kappa shape index (κ2) is 7.57. The number of para-hydroxylation sites is 1. The quantitative estimate of drug-likeness (QED) is 0.802. The molecule has 140 valence electrons. The van der Waals surface area contributed by atoms with Crippen molar-refractivity contribution in [2.45, 2.75) is 19.3 Å². The molecule has 0 aliphatic carbocycles. The summed E-state index contributed by atoms with van der Waals surface area (Å²) in [5.74, 6) is 0.773. The molecule has 0 aromatic heterocycles. The molecule has 0 fully saturated rings. The van der Waals surface area contributed by atoms with Crippen LogP contribution in [0.5, 0.6) is 11.5 Å². The van der Waals surface area contributed by atoms with Gasteiger partial charge in [0.15, 0.2) is 11.5 Å². The number of hydrazine groups is 1. The Labute approximate surface area is 157 Å². The van der Waals surface area contributed by atoms with E-state index in [1.807, 2.05) is 23.1 Å².